The van der Waals surface area contributed by atoms with Gasteiger partial charge in [-0.15, -0.1) is 0 Å². The number of carboxylic acids is 1. The Kier molecular flexibility index (Phi) is 4.09. The molecule has 1 heterocycles. The molecule has 2 N–H and O–H groups in total. The van der Waals surface area contributed by atoms with Crippen LogP contribution in [0.15, 0.2) is 24.3 Å². The fraction of sp³-hybridized carbons (Fsp3) is 0.462. The lowest BCUT2D eigenvalue weighted by Gasteiger charge is -2.34. The molecular weight excluding hydrogens is 254 g/mol. The summed E-state index contributed by atoms with van der Waals surface area (Å²) in [5.41, 5.74) is -0.960. The highest BCUT2D eigenvalue weighted by atomic mass is 35.5. The van der Waals surface area contributed by atoms with Gasteiger partial charge in [-0.2, -0.15) is 0 Å². The largest absolute Gasteiger partial charge is 0.491 e. The van der Waals surface area contributed by atoms with Crippen LogP contribution in [0.5, 0.6) is 5.75 Å². The zero-order chi connectivity index (χ0) is 13.0. The van der Waals surface area contributed by atoms with Crippen LogP contribution in [-0.4, -0.2) is 29.8 Å². The number of rotatable bonds is 4. The van der Waals surface area contributed by atoms with Gasteiger partial charge in [0.2, 0.25) is 0 Å². The maximum atomic E-state index is 11.4. The van der Waals surface area contributed by atoms with Crippen LogP contribution in [-0.2, 0) is 4.79 Å². The maximum absolute atomic E-state index is 11.4. The molecule has 1 atom stereocenters. The van der Waals surface area contributed by atoms with Crippen LogP contribution in [0.4, 0.5) is 0 Å². The third-order valence-corrected chi connectivity index (χ3v) is 3.45. The van der Waals surface area contributed by atoms with Gasteiger partial charge in [-0.25, -0.2) is 0 Å². The first kappa shape index (κ1) is 13.2. The van der Waals surface area contributed by atoms with Gasteiger partial charge in [0.05, 0.1) is 0 Å². The number of benzene rings is 1. The van der Waals surface area contributed by atoms with Crippen LogP contribution < -0.4 is 10.1 Å². The molecule has 0 saturated carbocycles. The van der Waals surface area contributed by atoms with E-state index in [1.165, 1.54) is 0 Å². The van der Waals surface area contributed by atoms with Gasteiger partial charge in [-0.1, -0.05) is 11.6 Å². The number of aliphatic carboxylic acids is 1. The highest BCUT2D eigenvalue weighted by Crippen LogP contribution is 2.22. The van der Waals surface area contributed by atoms with Crippen molar-refractivity contribution in [1.82, 2.24) is 5.32 Å². The van der Waals surface area contributed by atoms with Crippen LogP contribution in [0.3, 0.4) is 0 Å². The molecule has 1 aromatic carbocycles. The van der Waals surface area contributed by atoms with E-state index in [4.69, 9.17) is 16.3 Å². The third-order valence-electron chi connectivity index (χ3n) is 3.20. The van der Waals surface area contributed by atoms with E-state index < -0.39 is 11.5 Å². The van der Waals surface area contributed by atoms with Crippen molar-refractivity contribution in [3.05, 3.63) is 29.3 Å². The van der Waals surface area contributed by atoms with Crippen molar-refractivity contribution in [2.24, 2.45) is 0 Å². The van der Waals surface area contributed by atoms with Gasteiger partial charge in [-0.3, -0.25) is 10.1 Å². The van der Waals surface area contributed by atoms with Crippen molar-refractivity contribution in [3.8, 4) is 5.75 Å². The Morgan fingerprint density at radius 3 is 2.67 bits per heavy atom. The Bertz CT molecular complexity index is 413. The lowest BCUT2D eigenvalue weighted by Crippen LogP contribution is -2.58. The highest BCUT2D eigenvalue weighted by molar-refractivity contribution is 6.30. The smallest absolute Gasteiger partial charge is 0.327 e. The molecule has 1 unspecified atom stereocenters. The zero-order valence-electron chi connectivity index (χ0n) is 9.99. The molecule has 1 aliphatic heterocycles. The number of hydrogen-bond donors (Lipinski definition) is 2. The van der Waals surface area contributed by atoms with Gasteiger partial charge < -0.3 is 9.84 Å². The predicted octanol–water partition coefficient (Wildman–Crippen LogP) is 2.32. The maximum Gasteiger partial charge on any atom is 0.327 e. The molecule has 2 rings (SSSR count). The van der Waals surface area contributed by atoms with Crippen LogP contribution in [0.1, 0.15) is 19.3 Å². The molecule has 0 bridgehead atoms. The topological polar surface area (TPSA) is 58.6 Å². The monoisotopic (exact) mass is 269 g/mol. The summed E-state index contributed by atoms with van der Waals surface area (Å²) in [4.78, 5) is 11.4. The zero-order valence-corrected chi connectivity index (χ0v) is 10.7. The summed E-state index contributed by atoms with van der Waals surface area (Å²) in [6, 6.07) is 6.92. The van der Waals surface area contributed by atoms with Crippen molar-refractivity contribution in [2.45, 2.75) is 24.8 Å². The summed E-state index contributed by atoms with van der Waals surface area (Å²) >= 11 is 5.78. The summed E-state index contributed by atoms with van der Waals surface area (Å²) in [5, 5.41) is 13.0. The number of ether oxygens (including phenoxy) is 1. The number of carbonyl (C=O) groups is 1. The molecule has 0 aliphatic carbocycles. The molecule has 0 amide bonds. The first-order valence-corrected chi connectivity index (χ1v) is 6.37. The van der Waals surface area contributed by atoms with E-state index in [9.17, 15) is 9.90 Å². The quantitative estimate of drug-likeness (QED) is 0.881. The second-order valence-electron chi connectivity index (χ2n) is 4.51. The van der Waals surface area contributed by atoms with Crippen LogP contribution >= 0.6 is 11.6 Å². The van der Waals surface area contributed by atoms with Gasteiger partial charge in [0.1, 0.15) is 12.4 Å². The second kappa shape index (κ2) is 5.59. The Morgan fingerprint density at radius 2 is 2.11 bits per heavy atom. The van der Waals surface area contributed by atoms with Crippen LogP contribution in [0.25, 0.3) is 0 Å². The molecule has 98 valence electrons. The van der Waals surface area contributed by atoms with Crippen molar-refractivity contribution in [2.75, 3.05) is 13.2 Å². The van der Waals surface area contributed by atoms with E-state index in [-0.39, 0.29) is 6.61 Å². The van der Waals surface area contributed by atoms with E-state index in [1.54, 1.807) is 24.3 Å². The van der Waals surface area contributed by atoms with Crippen molar-refractivity contribution < 1.29 is 14.6 Å². The Labute approximate surface area is 111 Å². The molecule has 1 fully saturated rings. The minimum absolute atomic E-state index is 0.129. The molecule has 4 nitrogen and oxygen atoms in total. The van der Waals surface area contributed by atoms with Crippen molar-refractivity contribution >= 4 is 17.6 Å². The lowest BCUT2D eigenvalue weighted by molar-refractivity contribution is -0.147. The third kappa shape index (κ3) is 2.94. The summed E-state index contributed by atoms with van der Waals surface area (Å²) in [7, 11) is 0. The normalized spacial score (nSPS) is 23.6. The van der Waals surface area contributed by atoms with E-state index in [1.807, 2.05) is 0 Å². The number of carboxylic acid groups (broad SMARTS) is 1. The molecule has 0 aromatic heterocycles. The van der Waals surface area contributed by atoms with Gasteiger partial charge in [0.25, 0.3) is 0 Å². The number of nitrogens with one attached hydrogen (secondary N) is 1. The minimum Gasteiger partial charge on any atom is -0.491 e. The molecule has 1 aromatic rings. The minimum atomic E-state index is -0.960. The van der Waals surface area contributed by atoms with Crippen molar-refractivity contribution in [3.63, 3.8) is 0 Å². The van der Waals surface area contributed by atoms with E-state index in [2.05, 4.69) is 5.32 Å². The second-order valence-corrected chi connectivity index (χ2v) is 4.95. The summed E-state index contributed by atoms with van der Waals surface area (Å²) < 4.78 is 5.56. The van der Waals surface area contributed by atoms with Crippen LogP contribution in [0, 0.1) is 0 Å². The molecular formula is C13H16ClNO3. The van der Waals surface area contributed by atoms with Crippen molar-refractivity contribution in [1.29, 1.82) is 0 Å². The first-order valence-electron chi connectivity index (χ1n) is 5.99. The number of piperidine rings is 1. The molecule has 18 heavy (non-hydrogen) atoms. The molecule has 0 radical (unpaired) electrons. The van der Waals surface area contributed by atoms with E-state index in [0.29, 0.717) is 17.2 Å². The molecule has 1 aliphatic rings. The number of hydrogen-bond acceptors (Lipinski definition) is 3. The first-order chi connectivity index (χ1) is 8.62. The summed E-state index contributed by atoms with van der Waals surface area (Å²) in [6.07, 6.45) is 2.51. The SMILES string of the molecule is O=C(O)C1(COc2ccc(Cl)cc2)CCCCN1. The standard InChI is InChI=1S/C13H16ClNO3/c14-10-3-5-11(6-4-10)18-9-13(12(16)17)7-1-2-8-15-13/h3-6,15H,1-2,7-9H2,(H,16,17). The summed E-state index contributed by atoms with van der Waals surface area (Å²) in [6.45, 7) is 0.847. The Balaban J connectivity index is 2.01. The van der Waals surface area contributed by atoms with E-state index >= 15 is 0 Å². The number of halogens is 1. The Morgan fingerprint density at radius 1 is 1.39 bits per heavy atom. The van der Waals surface area contributed by atoms with Gasteiger partial charge in [0, 0.05) is 5.02 Å². The van der Waals surface area contributed by atoms with Crippen LogP contribution in [0.2, 0.25) is 5.02 Å². The fourth-order valence-electron chi connectivity index (χ4n) is 2.07. The molecule has 1 saturated heterocycles. The van der Waals surface area contributed by atoms with Gasteiger partial charge in [0.15, 0.2) is 5.54 Å². The van der Waals surface area contributed by atoms with Gasteiger partial charge in [-0.05, 0) is 50.1 Å². The van der Waals surface area contributed by atoms with E-state index in [0.717, 1.165) is 19.4 Å². The molecule has 0 spiro atoms. The molecule has 5 heteroatoms. The predicted molar refractivity (Wildman–Crippen MR) is 69.2 cm³/mol. The fourth-order valence-corrected chi connectivity index (χ4v) is 2.20. The lowest BCUT2D eigenvalue weighted by atomic mass is 9.90. The summed E-state index contributed by atoms with van der Waals surface area (Å²) in [5.74, 6) is -0.219. The average Bonchev–Trinajstić information content (AvgIpc) is 2.39. The Hall–Kier alpha value is -1.26. The average molecular weight is 270 g/mol. The highest BCUT2D eigenvalue weighted by Gasteiger charge is 2.40. The van der Waals surface area contributed by atoms with Gasteiger partial charge >= 0.3 is 5.97 Å².